The van der Waals surface area contributed by atoms with Gasteiger partial charge in [0.15, 0.2) is 0 Å². The summed E-state index contributed by atoms with van der Waals surface area (Å²) in [4.78, 5) is 7.07. The smallest absolute Gasteiger partial charge is 0.394 e. The Morgan fingerprint density at radius 3 is 2.53 bits per heavy atom. The number of alkyl halides is 3. The minimum atomic E-state index is -4.50. The lowest BCUT2D eigenvalue weighted by atomic mass is 10.0. The minimum Gasteiger partial charge on any atom is -0.394 e. The van der Waals surface area contributed by atoms with Gasteiger partial charge in [-0.25, -0.2) is 9.97 Å². The molecule has 0 bridgehead atoms. The zero-order chi connectivity index (χ0) is 13.1. The zero-order valence-corrected chi connectivity index (χ0v) is 9.54. The number of hydrogen-bond donors (Lipinski definition) is 2. The molecule has 0 aliphatic carbocycles. The normalized spacial score (nSPS) is 15.4. The molecule has 17 heavy (non-hydrogen) atoms. The second-order valence-electron chi connectivity index (χ2n) is 3.96. The summed E-state index contributed by atoms with van der Waals surface area (Å²) in [6, 6.07) is 0.799. The second-order valence-corrected chi connectivity index (χ2v) is 3.96. The molecule has 0 fully saturated rings. The molecule has 2 N–H and O–H groups in total. The SMILES string of the molecule is CCC(C)(CO)Nc1nccc(C(F)(F)F)n1. The predicted molar refractivity (Wildman–Crippen MR) is 56.4 cm³/mol. The number of aromatic nitrogens is 2. The van der Waals surface area contributed by atoms with Gasteiger partial charge in [-0.1, -0.05) is 6.92 Å². The summed E-state index contributed by atoms with van der Waals surface area (Å²) in [5, 5.41) is 11.8. The van der Waals surface area contributed by atoms with E-state index in [1.165, 1.54) is 0 Å². The molecule has 1 aromatic rings. The molecule has 0 aromatic carbocycles. The molecule has 1 rings (SSSR count). The first-order valence-corrected chi connectivity index (χ1v) is 5.10. The van der Waals surface area contributed by atoms with E-state index in [1.54, 1.807) is 13.8 Å². The third kappa shape index (κ3) is 3.55. The molecular formula is C10H14F3N3O. The Balaban J connectivity index is 2.93. The van der Waals surface area contributed by atoms with Gasteiger partial charge >= 0.3 is 6.18 Å². The largest absolute Gasteiger partial charge is 0.433 e. The molecule has 96 valence electrons. The minimum absolute atomic E-state index is 0.141. The molecule has 7 heteroatoms. The van der Waals surface area contributed by atoms with Crippen molar-refractivity contribution >= 4 is 5.95 Å². The van der Waals surface area contributed by atoms with E-state index in [1.807, 2.05) is 0 Å². The number of aliphatic hydroxyl groups is 1. The highest BCUT2D eigenvalue weighted by Crippen LogP contribution is 2.28. The summed E-state index contributed by atoms with van der Waals surface area (Å²) in [6.45, 7) is 3.26. The van der Waals surface area contributed by atoms with Gasteiger partial charge in [0, 0.05) is 6.20 Å². The Kier molecular flexibility index (Phi) is 3.92. The Morgan fingerprint density at radius 1 is 1.41 bits per heavy atom. The van der Waals surface area contributed by atoms with E-state index in [2.05, 4.69) is 15.3 Å². The van der Waals surface area contributed by atoms with Gasteiger partial charge in [-0.15, -0.1) is 0 Å². The van der Waals surface area contributed by atoms with Crippen molar-refractivity contribution in [2.45, 2.75) is 32.0 Å². The Bertz CT molecular complexity index is 377. The summed E-state index contributed by atoms with van der Waals surface area (Å²) in [5.41, 5.74) is -1.74. The van der Waals surface area contributed by atoms with E-state index in [0.717, 1.165) is 12.3 Å². The average Bonchev–Trinajstić information content (AvgIpc) is 2.28. The van der Waals surface area contributed by atoms with Crippen LogP contribution < -0.4 is 5.32 Å². The molecule has 0 spiro atoms. The third-order valence-corrected chi connectivity index (χ3v) is 2.49. The van der Waals surface area contributed by atoms with Crippen LogP contribution in [0.25, 0.3) is 0 Å². The highest BCUT2D eigenvalue weighted by molar-refractivity contribution is 5.30. The Labute approximate surface area is 96.9 Å². The van der Waals surface area contributed by atoms with Crippen LogP contribution in [0.1, 0.15) is 26.0 Å². The van der Waals surface area contributed by atoms with Gasteiger partial charge in [-0.3, -0.25) is 0 Å². The lowest BCUT2D eigenvalue weighted by Gasteiger charge is -2.27. The van der Waals surface area contributed by atoms with Crippen molar-refractivity contribution in [1.29, 1.82) is 0 Å². The van der Waals surface area contributed by atoms with Gasteiger partial charge in [0.2, 0.25) is 5.95 Å². The summed E-state index contributed by atoms with van der Waals surface area (Å²) >= 11 is 0. The molecule has 1 heterocycles. The quantitative estimate of drug-likeness (QED) is 0.857. The summed E-state index contributed by atoms with van der Waals surface area (Å²) in [6.07, 6.45) is -2.93. The monoisotopic (exact) mass is 249 g/mol. The maximum Gasteiger partial charge on any atom is 0.433 e. The number of rotatable bonds is 4. The Morgan fingerprint density at radius 2 is 2.06 bits per heavy atom. The fraction of sp³-hybridized carbons (Fsp3) is 0.600. The fourth-order valence-corrected chi connectivity index (χ4v) is 1.09. The molecule has 0 radical (unpaired) electrons. The van der Waals surface area contributed by atoms with Crippen molar-refractivity contribution in [1.82, 2.24) is 9.97 Å². The van der Waals surface area contributed by atoms with Crippen LogP contribution in [0.4, 0.5) is 19.1 Å². The molecule has 0 saturated heterocycles. The van der Waals surface area contributed by atoms with Crippen LogP contribution in [0.2, 0.25) is 0 Å². The number of aliphatic hydroxyl groups excluding tert-OH is 1. The summed E-state index contributed by atoms with van der Waals surface area (Å²) in [5.74, 6) is -0.141. The summed E-state index contributed by atoms with van der Waals surface area (Å²) < 4.78 is 37.2. The average molecular weight is 249 g/mol. The van der Waals surface area contributed by atoms with Gasteiger partial charge in [-0.05, 0) is 19.4 Å². The Hall–Kier alpha value is -1.37. The van der Waals surface area contributed by atoms with Crippen LogP contribution in [0.5, 0.6) is 0 Å². The van der Waals surface area contributed by atoms with Crippen molar-refractivity contribution in [3.8, 4) is 0 Å². The second kappa shape index (κ2) is 4.87. The van der Waals surface area contributed by atoms with Crippen molar-refractivity contribution in [3.63, 3.8) is 0 Å². The van der Waals surface area contributed by atoms with Crippen molar-refractivity contribution in [3.05, 3.63) is 18.0 Å². The van der Waals surface area contributed by atoms with Crippen LogP contribution in [0.15, 0.2) is 12.3 Å². The summed E-state index contributed by atoms with van der Waals surface area (Å²) in [7, 11) is 0. The van der Waals surface area contributed by atoms with Gasteiger partial charge in [0.05, 0.1) is 12.1 Å². The van der Waals surface area contributed by atoms with E-state index in [0.29, 0.717) is 6.42 Å². The van der Waals surface area contributed by atoms with Gasteiger partial charge in [-0.2, -0.15) is 13.2 Å². The number of anilines is 1. The molecule has 0 aliphatic heterocycles. The highest BCUT2D eigenvalue weighted by atomic mass is 19.4. The molecule has 0 aliphatic rings. The van der Waals surface area contributed by atoms with Crippen molar-refractivity contribution in [2.24, 2.45) is 0 Å². The van der Waals surface area contributed by atoms with E-state index >= 15 is 0 Å². The first-order valence-electron chi connectivity index (χ1n) is 5.10. The topological polar surface area (TPSA) is 58.0 Å². The van der Waals surface area contributed by atoms with Crippen LogP contribution in [-0.2, 0) is 6.18 Å². The van der Waals surface area contributed by atoms with E-state index in [9.17, 15) is 13.2 Å². The number of hydrogen-bond acceptors (Lipinski definition) is 4. The lowest BCUT2D eigenvalue weighted by molar-refractivity contribution is -0.141. The van der Waals surface area contributed by atoms with Crippen LogP contribution >= 0.6 is 0 Å². The van der Waals surface area contributed by atoms with Crippen LogP contribution in [-0.4, -0.2) is 27.2 Å². The van der Waals surface area contributed by atoms with Gasteiger partial charge in [0.25, 0.3) is 0 Å². The third-order valence-electron chi connectivity index (χ3n) is 2.49. The first-order chi connectivity index (χ1) is 7.80. The van der Waals surface area contributed by atoms with Crippen LogP contribution in [0.3, 0.4) is 0 Å². The number of halogens is 3. The van der Waals surface area contributed by atoms with Crippen molar-refractivity contribution < 1.29 is 18.3 Å². The lowest BCUT2D eigenvalue weighted by Crippen LogP contribution is -2.38. The molecule has 0 amide bonds. The maximum atomic E-state index is 12.4. The standard InChI is InChI=1S/C10H14F3N3O/c1-3-9(2,6-17)16-8-14-5-4-7(15-8)10(11,12)13/h4-5,17H,3,6H2,1-2H3,(H,14,15,16). The van der Waals surface area contributed by atoms with E-state index in [-0.39, 0.29) is 12.6 Å². The molecule has 0 saturated carbocycles. The first kappa shape index (κ1) is 13.7. The molecule has 1 aromatic heterocycles. The maximum absolute atomic E-state index is 12.4. The highest BCUT2D eigenvalue weighted by Gasteiger charge is 2.33. The van der Waals surface area contributed by atoms with Crippen molar-refractivity contribution in [2.75, 3.05) is 11.9 Å². The predicted octanol–water partition coefficient (Wildman–Crippen LogP) is 2.07. The fourth-order valence-electron chi connectivity index (χ4n) is 1.09. The number of nitrogens with one attached hydrogen (secondary N) is 1. The number of nitrogens with zero attached hydrogens (tertiary/aromatic N) is 2. The van der Waals surface area contributed by atoms with Gasteiger partial charge in [0.1, 0.15) is 5.69 Å². The molecule has 1 unspecified atom stereocenters. The molecule has 4 nitrogen and oxygen atoms in total. The molecule has 1 atom stereocenters. The zero-order valence-electron chi connectivity index (χ0n) is 9.54. The van der Waals surface area contributed by atoms with E-state index in [4.69, 9.17) is 5.11 Å². The van der Waals surface area contributed by atoms with E-state index < -0.39 is 17.4 Å². The van der Waals surface area contributed by atoms with Crippen LogP contribution in [0, 0.1) is 0 Å². The van der Waals surface area contributed by atoms with Gasteiger partial charge < -0.3 is 10.4 Å². The molecular weight excluding hydrogens is 235 g/mol.